The van der Waals surface area contributed by atoms with Crippen molar-refractivity contribution in [2.24, 2.45) is 0 Å². The van der Waals surface area contributed by atoms with Crippen LogP contribution < -0.4 is 0 Å². The van der Waals surface area contributed by atoms with Crippen LogP contribution in [0.4, 0.5) is 0 Å². The number of rotatable bonds is 5. The van der Waals surface area contributed by atoms with Gasteiger partial charge in [0.25, 0.3) is 0 Å². The molecule has 0 atom stereocenters. The molecule has 0 bridgehead atoms. The van der Waals surface area contributed by atoms with Crippen LogP contribution in [0.25, 0.3) is 0 Å². The molecule has 0 aliphatic carbocycles. The van der Waals surface area contributed by atoms with Crippen molar-refractivity contribution in [1.29, 1.82) is 0 Å². The number of carbonyl (C=O) groups is 1. The number of carboxylic acids is 1. The summed E-state index contributed by atoms with van der Waals surface area (Å²) in [4.78, 5) is 11.0. The molecule has 0 spiro atoms. The summed E-state index contributed by atoms with van der Waals surface area (Å²) in [6.07, 6.45) is 0. The highest BCUT2D eigenvalue weighted by atomic mass is 32.2. The molecule has 1 aromatic rings. The first-order chi connectivity index (χ1) is 8.71. The van der Waals surface area contributed by atoms with E-state index >= 15 is 0 Å². The normalized spacial score (nSPS) is 11.8. The maximum Gasteiger partial charge on any atom is 0.335 e. The number of aromatic carboxylic acids is 1. The zero-order chi connectivity index (χ0) is 14.8. The van der Waals surface area contributed by atoms with Gasteiger partial charge in [0.2, 0.25) is 10.0 Å². The Kier molecular flexibility index (Phi) is 4.67. The van der Waals surface area contributed by atoms with Gasteiger partial charge in [0, 0.05) is 13.6 Å². The first kappa shape index (κ1) is 15.6. The minimum atomic E-state index is -3.79. The van der Waals surface area contributed by atoms with Crippen LogP contribution in [-0.2, 0) is 10.0 Å². The number of sulfonamides is 1. The van der Waals surface area contributed by atoms with Gasteiger partial charge in [-0.25, -0.2) is 13.2 Å². The van der Waals surface area contributed by atoms with Crippen molar-refractivity contribution >= 4 is 16.0 Å². The lowest BCUT2D eigenvalue weighted by molar-refractivity contribution is 0.0696. The van der Waals surface area contributed by atoms with Crippen LogP contribution in [-0.4, -0.2) is 49.1 Å². The third-order valence-electron chi connectivity index (χ3n) is 2.86. The average Bonchev–Trinajstić information content (AvgIpc) is 2.28. The van der Waals surface area contributed by atoms with Crippen molar-refractivity contribution in [2.45, 2.75) is 18.7 Å². The molecule has 1 aromatic carbocycles. The van der Waals surface area contributed by atoms with Gasteiger partial charge in [-0.05, 0) is 31.0 Å². The molecule has 1 rings (SSSR count). The third-order valence-corrected chi connectivity index (χ3v) is 4.85. The summed E-state index contributed by atoms with van der Waals surface area (Å²) in [5, 5.41) is 17.8. The Morgan fingerprint density at radius 3 is 2.32 bits per heavy atom. The minimum Gasteiger partial charge on any atom is -0.478 e. The van der Waals surface area contributed by atoms with Gasteiger partial charge in [0.15, 0.2) is 0 Å². The van der Waals surface area contributed by atoms with E-state index in [1.54, 1.807) is 13.8 Å². The predicted molar refractivity (Wildman–Crippen MR) is 69.8 cm³/mol. The first-order valence-corrected chi connectivity index (χ1v) is 7.07. The fourth-order valence-electron chi connectivity index (χ4n) is 1.77. The van der Waals surface area contributed by atoms with Crippen molar-refractivity contribution in [3.05, 3.63) is 28.8 Å². The molecule has 0 saturated heterocycles. The molecule has 0 radical (unpaired) electrons. The fourth-order valence-corrected chi connectivity index (χ4v) is 3.16. The smallest absolute Gasteiger partial charge is 0.335 e. The summed E-state index contributed by atoms with van der Waals surface area (Å²) in [5.41, 5.74) is 0.947. The van der Waals surface area contributed by atoms with Gasteiger partial charge in [-0.3, -0.25) is 0 Å². The highest BCUT2D eigenvalue weighted by Crippen LogP contribution is 2.23. The van der Waals surface area contributed by atoms with Crippen molar-refractivity contribution < 1.29 is 23.4 Å². The number of hydrogen-bond donors (Lipinski definition) is 2. The van der Waals surface area contributed by atoms with Gasteiger partial charge in [0.05, 0.1) is 17.1 Å². The second-order valence-electron chi connectivity index (χ2n) is 4.29. The van der Waals surface area contributed by atoms with Crippen molar-refractivity contribution in [2.75, 3.05) is 20.2 Å². The van der Waals surface area contributed by atoms with Gasteiger partial charge in [-0.15, -0.1) is 0 Å². The summed E-state index contributed by atoms with van der Waals surface area (Å²) < 4.78 is 25.5. The molecule has 0 fully saturated rings. The molecule has 0 saturated carbocycles. The average molecular weight is 287 g/mol. The summed E-state index contributed by atoms with van der Waals surface area (Å²) in [6.45, 7) is 2.88. The van der Waals surface area contributed by atoms with Crippen LogP contribution in [0.5, 0.6) is 0 Å². The molecular weight excluding hydrogens is 270 g/mol. The van der Waals surface area contributed by atoms with E-state index in [2.05, 4.69) is 0 Å². The summed E-state index contributed by atoms with van der Waals surface area (Å²) in [5.74, 6) is -1.17. The Morgan fingerprint density at radius 2 is 1.84 bits per heavy atom. The summed E-state index contributed by atoms with van der Waals surface area (Å²) in [7, 11) is -2.46. The van der Waals surface area contributed by atoms with Crippen molar-refractivity contribution in [1.82, 2.24) is 4.31 Å². The Balaban J connectivity index is 3.43. The number of benzene rings is 1. The van der Waals surface area contributed by atoms with Crippen molar-refractivity contribution in [3.63, 3.8) is 0 Å². The van der Waals surface area contributed by atoms with E-state index in [0.29, 0.717) is 11.1 Å². The van der Waals surface area contributed by atoms with Gasteiger partial charge in [-0.2, -0.15) is 4.31 Å². The third kappa shape index (κ3) is 3.12. The fraction of sp³-hybridized carbons (Fsp3) is 0.417. The second-order valence-corrected chi connectivity index (χ2v) is 6.30. The monoisotopic (exact) mass is 287 g/mol. The van der Waals surface area contributed by atoms with Crippen LogP contribution in [0.2, 0.25) is 0 Å². The van der Waals surface area contributed by atoms with Crippen molar-refractivity contribution in [3.8, 4) is 0 Å². The van der Waals surface area contributed by atoms with Crippen LogP contribution >= 0.6 is 0 Å². The van der Waals surface area contributed by atoms with Crippen LogP contribution in [0.15, 0.2) is 17.0 Å². The molecule has 0 unspecified atom stereocenters. The van der Waals surface area contributed by atoms with E-state index in [4.69, 9.17) is 10.2 Å². The van der Waals surface area contributed by atoms with E-state index in [0.717, 1.165) is 10.4 Å². The Bertz CT molecular complexity index is 594. The zero-order valence-corrected chi connectivity index (χ0v) is 11.9. The van der Waals surface area contributed by atoms with E-state index in [1.807, 2.05) is 0 Å². The van der Waals surface area contributed by atoms with E-state index in [1.165, 1.54) is 13.1 Å². The molecular formula is C12H17NO5S. The number of aliphatic hydroxyl groups is 1. The molecule has 0 heterocycles. The lowest BCUT2D eigenvalue weighted by Crippen LogP contribution is -2.30. The maximum atomic E-state index is 12.3. The van der Waals surface area contributed by atoms with Crippen LogP contribution in [0.3, 0.4) is 0 Å². The molecule has 0 amide bonds. The quantitative estimate of drug-likeness (QED) is 0.827. The largest absolute Gasteiger partial charge is 0.478 e. The van der Waals surface area contributed by atoms with Gasteiger partial charge >= 0.3 is 5.97 Å². The number of aryl methyl sites for hydroxylation is 2. The van der Waals surface area contributed by atoms with Gasteiger partial charge in [0.1, 0.15) is 0 Å². The molecule has 106 valence electrons. The summed E-state index contributed by atoms with van der Waals surface area (Å²) in [6, 6.07) is 2.69. The van der Waals surface area contributed by atoms with Gasteiger partial charge in [-0.1, -0.05) is 6.07 Å². The molecule has 0 aromatic heterocycles. The molecule has 19 heavy (non-hydrogen) atoms. The predicted octanol–water partition coefficient (Wildman–Crippen LogP) is 0.614. The first-order valence-electron chi connectivity index (χ1n) is 5.63. The number of hydrogen-bond acceptors (Lipinski definition) is 4. The van der Waals surface area contributed by atoms with Crippen LogP contribution in [0.1, 0.15) is 21.5 Å². The molecule has 0 aliphatic heterocycles. The summed E-state index contributed by atoms with van der Waals surface area (Å²) >= 11 is 0. The second kappa shape index (κ2) is 5.68. The highest BCUT2D eigenvalue weighted by Gasteiger charge is 2.24. The maximum absolute atomic E-state index is 12.3. The molecule has 6 nitrogen and oxygen atoms in total. The van der Waals surface area contributed by atoms with E-state index in [-0.39, 0.29) is 23.6 Å². The lowest BCUT2D eigenvalue weighted by atomic mass is 10.1. The highest BCUT2D eigenvalue weighted by molar-refractivity contribution is 7.89. The molecule has 7 heteroatoms. The minimum absolute atomic E-state index is 0.0402. The molecule has 0 aliphatic rings. The standard InChI is InChI=1S/C12H17NO5S/c1-8-6-9(2)11(7-10(8)12(15)16)19(17,18)13(3)4-5-14/h6-7,14H,4-5H2,1-3H3,(H,15,16). The Labute approximate surface area is 112 Å². The topological polar surface area (TPSA) is 94.9 Å². The lowest BCUT2D eigenvalue weighted by Gasteiger charge is -2.18. The zero-order valence-electron chi connectivity index (χ0n) is 11.0. The number of carboxylic acid groups (broad SMARTS) is 1. The molecule has 2 N–H and O–H groups in total. The van der Waals surface area contributed by atoms with E-state index < -0.39 is 16.0 Å². The SMILES string of the molecule is Cc1cc(C)c(S(=O)(=O)N(C)CCO)cc1C(=O)O. The van der Waals surface area contributed by atoms with Gasteiger partial charge < -0.3 is 10.2 Å². The number of likely N-dealkylation sites (N-methyl/N-ethyl adjacent to an activating group) is 1. The number of nitrogens with zero attached hydrogens (tertiary/aromatic N) is 1. The van der Waals surface area contributed by atoms with E-state index in [9.17, 15) is 13.2 Å². The number of aliphatic hydroxyl groups excluding tert-OH is 1. The Hall–Kier alpha value is -1.44. The van der Waals surface area contributed by atoms with Crippen LogP contribution in [0, 0.1) is 13.8 Å². The Morgan fingerprint density at radius 1 is 1.26 bits per heavy atom.